The van der Waals surface area contributed by atoms with Gasteiger partial charge in [0.25, 0.3) is 11.5 Å². The van der Waals surface area contributed by atoms with E-state index in [-0.39, 0.29) is 42.4 Å². The van der Waals surface area contributed by atoms with Crippen molar-refractivity contribution in [3.8, 4) is 17.2 Å². The molecule has 4 rings (SSSR count). The monoisotopic (exact) mass is 443 g/mol. The van der Waals surface area contributed by atoms with Crippen molar-refractivity contribution in [2.75, 3.05) is 26.2 Å². The average Bonchev–Trinajstić information content (AvgIpc) is 3.30. The van der Waals surface area contributed by atoms with Gasteiger partial charge < -0.3 is 19.4 Å². The normalized spacial score (nSPS) is 15.2. The van der Waals surface area contributed by atoms with Gasteiger partial charge >= 0.3 is 0 Å². The first kappa shape index (κ1) is 20.9. The van der Waals surface area contributed by atoms with Gasteiger partial charge in [0.15, 0.2) is 0 Å². The lowest BCUT2D eigenvalue weighted by Gasteiger charge is -2.34. The van der Waals surface area contributed by atoms with Crippen LogP contribution in [0.25, 0.3) is 11.5 Å². The molecule has 2 N–H and O–H groups in total. The number of nitrogens with one attached hydrogen (secondary N) is 1. The Morgan fingerprint density at radius 1 is 1.10 bits per heavy atom. The van der Waals surface area contributed by atoms with Crippen LogP contribution in [-0.4, -0.2) is 59.8 Å². The Hall–Kier alpha value is -3.37. The molecule has 0 spiro atoms. The average molecular weight is 443 g/mol. The first-order valence-corrected chi connectivity index (χ1v) is 11.1. The molecule has 3 heterocycles. The Labute approximate surface area is 178 Å². The second kappa shape index (κ2) is 8.05. The van der Waals surface area contributed by atoms with Gasteiger partial charge in [0.2, 0.25) is 10.0 Å². The molecule has 0 radical (unpaired) electrons. The summed E-state index contributed by atoms with van der Waals surface area (Å²) in [6.45, 7) is 2.12. The molecule has 9 nitrogen and oxygen atoms in total. The first-order chi connectivity index (χ1) is 14.8. The van der Waals surface area contributed by atoms with Gasteiger partial charge in [-0.3, -0.25) is 9.59 Å². The van der Waals surface area contributed by atoms with Crippen LogP contribution >= 0.6 is 0 Å². The van der Waals surface area contributed by atoms with E-state index in [0.717, 1.165) is 0 Å². The largest absolute Gasteiger partial charge is 0.507 e. The molecule has 2 aromatic heterocycles. The van der Waals surface area contributed by atoms with E-state index in [4.69, 9.17) is 4.42 Å². The number of carbonyl (C=O) groups is 1. The van der Waals surface area contributed by atoms with Gasteiger partial charge in [-0.25, -0.2) is 8.42 Å². The maximum Gasteiger partial charge on any atom is 0.261 e. The third-order valence-electron chi connectivity index (χ3n) is 5.19. The highest BCUT2D eigenvalue weighted by atomic mass is 32.2. The van der Waals surface area contributed by atoms with E-state index in [9.17, 15) is 23.1 Å². The summed E-state index contributed by atoms with van der Waals surface area (Å²) in [6, 6.07) is 10.8. The molecule has 1 fully saturated rings. The van der Waals surface area contributed by atoms with Crippen molar-refractivity contribution in [3.05, 3.63) is 70.2 Å². The van der Waals surface area contributed by atoms with Gasteiger partial charge in [-0.1, -0.05) is 6.07 Å². The number of phenolic OH excluding ortho intramolecular Hbond substituents is 1. The van der Waals surface area contributed by atoms with Crippen LogP contribution in [0.3, 0.4) is 0 Å². The number of aromatic nitrogens is 1. The molecule has 0 unspecified atom stereocenters. The Morgan fingerprint density at radius 2 is 1.84 bits per heavy atom. The molecule has 162 valence electrons. The summed E-state index contributed by atoms with van der Waals surface area (Å²) in [5.41, 5.74) is 0.601. The van der Waals surface area contributed by atoms with Crippen molar-refractivity contribution in [1.29, 1.82) is 0 Å². The molecule has 0 aliphatic carbocycles. The van der Waals surface area contributed by atoms with Crippen LogP contribution in [0.5, 0.6) is 5.75 Å². The van der Waals surface area contributed by atoms with E-state index in [2.05, 4.69) is 4.98 Å². The predicted molar refractivity (Wildman–Crippen MR) is 112 cm³/mol. The summed E-state index contributed by atoms with van der Waals surface area (Å²) in [4.78, 5) is 29.2. The number of aromatic hydroxyl groups is 1. The number of aryl methyl sites for hydroxylation is 1. The zero-order valence-corrected chi connectivity index (χ0v) is 17.6. The third-order valence-corrected chi connectivity index (χ3v) is 7.11. The molecule has 1 aliphatic rings. The van der Waals surface area contributed by atoms with Gasteiger partial charge in [-0.2, -0.15) is 4.31 Å². The summed E-state index contributed by atoms with van der Waals surface area (Å²) in [5.74, 6) is -0.302. The van der Waals surface area contributed by atoms with Gasteiger partial charge in [0.05, 0.1) is 12.0 Å². The van der Waals surface area contributed by atoms with E-state index < -0.39 is 21.5 Å². The lowest BCUT2D eigenvalue weighted by atomic mass is 10.2. The van der Waals surface area contributed by atoms with Gasteiger partial charge in [0.1, 0.15) is 22.0 Å². The summed E-state index contributed by atoms with van der Waals surface area (Å²) in [7, 11) is -3.90. The number of H-pyrrole nitrogens is 1. The number of aromatic amines is 1. The Bertz CT molecular complexity index is 1270. The van der Waals surface area contributed by atoms with E-state index in [1.165, 1.54) is 33.7 Å². The van der Waals surface area contributed by atoms with Crippen LogP contribution in [0.2, 0.25) is 0 Å². The summed E-state index contributed by atoms with van der Waals surface area (Å²) >= 11 is 0. The number of amides is 1. The summed E-state index contributed by atoms with van der Waals surface area (Å²) < 4.78 is 32.3. The van der Waals surface area contributed by atoms with Crippen LogP contribution in [0.1, 0.15) is 15.9 Å². The summed E-state index contributed by atoms with van der Waals surface area (Å²) in [5, 5.41) is 10.00. The predicted octanol–water partition coefficient (Wildman–Crippen LogP) is 1.80. The van der Waals surface area contributed by atoms with Crippen LogP contribution in [-0.2, 0) is 10.0 Å². The van der Waals surface area contributed by atoms with Crippen LogP contribution < -0.4 is 5.56 Å². The van der Waals surface area contributed by atoms with Crippen molar-refractivity contribution in [1.82, 2.24) is 14.2 Å². The molecule has 0 bridgehead atoms. The highest BCUT2D eigenvalue weighted by Gasteiger charge is 2.32. The van der Waals surface area contributed by atoms with Gasteiger partial charge in [-0.15, -0.1) is 0 Å². The minimum atomic E-state index is -3.90. The number of hydrogen-bond acceptors (Lipinski definition) is 6. The van der Waals surface area contributed by atoms with Crippen molar-refractivity contribution >= 4 is 15.9 Å². The SMILES string of the molecule is Cc1ccc(O)c(S(=O)(=O)N2CCN(C(=O)c3ccc(-c4ccco4)[nH]c3=O)CC2)c1. The number of nitrogens with zero attached hydrogens (tertiary/aromatic N) is 2. The number of phenols is 1. The highest BCUT2D eigenvalue weighted by Crippen LogP contribution is 2.27. The maximum absolute atomic E-state index is 12.9. The van der Waals surface area contributed by atoms with Crippen molar-refractivity contribution < 1.29 is 22.7 Å². The Morgan fingerprint density at radius 3 is 2.48 bits per heavy atom. The summed E-state index contributed by atoms with van der Waals surface area (Å²) in [6.07, 6.45) is 1.48. The van der Waals surface area contributed by atoms with Gasteiger partial charge in [-0.05, 0) is 48.9 Å². The molecule has 10 heteroatoms. The number of benzene rings is 1. The fraction of sp³-hybridized carbons (Fsp3) is 0.238. The third kappa shape index (κ3) is 3.99. The second-order valence-electron chi connectivity index (χ2n) is 7.26. The Kier molecular flexibility index (Phi) is 5.42. The lowest BCUT2D eigenvalue weighted by Crippen LogP contribution is -2.51. The zero-order chi connectivity index (χ0) is 22.2. The number of sulfonamides is 1. The van der Waals surface area contributed by atoms with Crippen molar-refractivity contribution in [3.63, 3.8) is 0 Å². The number of furan rings is 1. The molecule has 1 saturated heterocycles. The van der Waals surface area contributed by atoms with Crippen LogP contribution in [0, 0.1) is 6.92 Å². The van der Waals surface area contributed by atoms with E-state index in [1.807, 2.05) is 0 Å². The van der Waals surface area contributed by atoms with Crippen LogP contribution in [0.4, 0.5) is 0 Å². The molecule has 0 atom stereocenters. The van der Waals surface area contributed by atoms with Crippen molar-refractivity contribution in [2.24, 2.45) is 0 Å². The fourth-order valence-electron chi connectivity index (χ4n) is 3.49. The molecule has 31 heavy (non-hydrogen) atoms. The molecule has 1 aliphatic heterocycles. The smallest absolute Gasteiger partial charge is 0.261 e. The maximum atomic E-state index is 12.9. The molecule has 1 amide bonds. The number of hydrogen-bond donors (Lipinski definition) is 2. The van der Waals surface area contributed by atoms with Crippen LogP contribution in [0.15, 0.2) is 62.8 Å². The zero-order valence-electron chi connectivity index (χ0n) is 16.7. The number of rotatable bonds is 4. The topological polar surface area (TPSA) is 124 Å². The standard InChI is InChI=1S/C21H21N3O6S/c1-14-4-7-17(25)19(13-14)31(28,29)24-10-8-23(9-11-24)21(27)15-5-6-16(22-20(15)26)18-3-2-12-30-18/h2-7,12-13,25H,8-11H2,1H3,(H,22,26). The number of piperazine rings is 1. The molecule has 3 aromatic rings. The number of carbonyl (C=O) groups excluding carboxylic acids is 1. The number of pyridine rings is 1. The minimum Gasteiger partial charge on any atom is -0.507 e. The lowest BCUT2D eigenvalue weighted by molar-refractivity contribution is 0.0696. The quantitative estimate of drug-likeness (QED) is 0.634. The minimum absolute atomic E-state index is 0.0251. The fourth-order valence-corrected chi connectivity index (χ4v) is 5.08. The first-order valence-electron chi connectivity index (χ1n) is 9.63. The van der Waals surface area contributed by atoms with Gasteiger partial charge in [0, 0.05) is 26.2 Å². The molecule has 0 saturated carbocycles. The molecule has 1 aromatic carbocycles. The van der Waals surface area contributed by atoms with E-state index in [1.54, 1.807) is 31.2 Å². The Balaban J connectivity index is 1.48. The van der Waals surface area contributed by atoms with E-state index in [0.29, 0.717) is 17.0 Å². The molecular weight excluding hydrogens is 422 g/mol. The highest BCUT2D eigenvalue weighted by molar-refractivity contribution is 7.89. The molecular formula is C21H21N3O6S. The van der Waals surface area contributed by atoms with Crippen molar-refractivity contribution in [2.45, 2.75) is 11.8 Å². The second-order valence-corrected chi connectivity index (χ2v) is 9.17. The van der Waals surface area contributed by atoms with E-state index >= 15 is 0 Å².